The van der Waals surface area contributed by atoms with Crippen LogP contribution in [-0.2, 0) is 4.79 Å². The highest BCUT2D eigenvalue weighted by molar-refractivity contribution is 5.80. The second kappa shape index (κ2) is 6.48. The van der Waals surface area contributed by atoms with Gasteiger partial charge in [0.1, 0.15) is 6.04 Å². The van der Waals surface area contributed by atoms with Gasteiger partial charge in [0.25, 0.3) is 5.56 Å². The molecule has 0 radical (unpaired) electrons. The molecule has 22 heavy (non-hydrogen) atoms. The number of carbonyl (C=O) groups excluding carboxylic acids is 1. The number of amides is 1. The minimum atomic E-state index is -0.539. The minimum absolute atomic E-state index is 0.0120. The molecule has 3 rings (SSSR count). The number of nitrogens with zero attached hydrogens (tertiary/aromatic N) is 4. The third-order valence-corrected chi connectivity index (χ3v) is 4.44. The summed E-state index contributed by atoms with van der Waals surface area (Å²) in [5, 5.41) is 7.52. The molecule has 0 aliphatic carbocycles. The van der Waals surface area contributed by atoms with Gasteiger partial charge in [-0.25, -0.2) is 4.68 Å². The average molecular weight is 305 g/mol. The second-order valence-electron chi connectivity index (χ2n) is 5.94. The maximum Gasteiger partial charge on any atom is 0.269 e. The third kappa shape index (κ3) is 2.99. The molecule has 2 fully saturated rings. The van der Waals surface area contributed by atoms with Crippen molar-refractivity contribution in [3.05, 3.63) is 22.6 Å². The Hall–Kier alpha value is -1.89. The summed E-state index contributed by atoms with van der Waals surface area (Å²) < 4.78 is 1.30. The van der Waals surface area contributed by atoms with Crippen LogP contribution in [0.3, 0.4) is 0 Å². The fourth-order valence-electron chi connectivity index (χ4n) is 3.10. The molecule has 1 aromatic heterocycles. The van der Waals surface area contributed by atoms with Crippen LogP contribution in [0.4, 0.5) is 5.69 Å². The Morgan fingerprint density at radius 1 is 1.23 bits per heavy atom. The van der Waals surface area contributed by atoms with Crippen LogP contribution in [0.1, 0.15) is 25.8 Å². The predicted molar refractivity (Wildman–Crippen MR) is 84.1 cm³/mol. The maximum absolute atomic E-state index is 12.4. The Labute approximate surface area is 129 Å². The Morgan fingerprint density at radius 3 is 2.55 bits per heavy atom. The first-order chi connectivity index (χ1) is 10.7. The fraction of sp³-hybridized carbons (Fsp3) is 0.667. The highest BCUT2D eigenvalue weighted by Gasteiger charge is 2.26. The van der Waals surface area contributed by atoms with Gasteiger partial charge < -0.3 is 15.1 Å². The van der Waals surface area contributed by atoms with Crippen LogP contribution >= 0.6 is 0 Å². The fourth-order valence-corrected chi connectivity index (χ4v) is 3.10. The summed E-state index contributed by atoms with van der Waals surface area (Å²) >= 11 is 0. The molecule has 1 amide bonds. The van der Waals surface area contributed by atoms with E-state index in [0.29, 0.717) is 0 Å². The molecule has 2 saturated heterocycles. The van der Waals surface area contributed by atoms with E-state index >= 15 is 0 Å². The molecule has 3 heterocycles. The number of hydrogen-bond donors (Lipinski definition) is 1. The van der Waals surface area contributed by atoms with Crippen molar-refractivity contribution in [2.24, 2.45) is 0 Å². The van der Waals surface area contributed by atoms with E-state index in [-0.39, 0.29) is 11.5 Å². The van der Waals surface area contributed by atoms with Crippen LogP contribution in [0.15, 0.2) is 17.1 Å². The second-order valence-corrected chi connectivity index (χ2v) is 5.94. The normalized spacial score (nSPS) is 20.2. The Kier molecular flexibility index (Phi) is 4.42. The van der Waals surface area contributed by atoms with E-state index in [0.717, 1.165) is 57.8 Å². The van der Waals surface area contributed by atoms with Crippen molar-refractivity contribution in [3.8, 4) is 0 Å². The molecule has 7 heteroatoms. The first kappa shape index (κ1) is 15.0. The zero-order valence-corrected chi connectivity index (χ0v) is 13.0. The molecule has 120 valence electrons. The summed E-state index contributed by atoms with van der Waals surface area (Å²) in [4.78, 5) is 28.7. The Balaban J connectivity index is 1.76. The van der Waals surface area contributed by atoms with Crippen molar-refractivity contribution < 1.29 is 4.79 Å². The van der Waals surface area contributed by atoms with Gasteiger partial charge in [-0.1, -0.05) is 0 Å². The van der Waals surface area contributed by atoms with E-state index in [1.807, 2.05) is 4.90 Å². The number of nitrogens with one attached hydrogen (secondary N) is 1. The standard InChI is InChI=1S/C15H23N5O2/c1-12(15(22)19-6-2-3-7-19)20-14(21)10-13(11-17-20)18-8-4-16-5-9-18/h10-12,16H,2-9H2,1H3. The van der Waals surface area contributed by atoms with E-state index in [2.05, 4.69) is 15.3 Å². The van der Waals surface area contributed by atoms with Crippen LogP contribution in [0.25, 0.3) is 0 Å². The number of hydrogen-bond acceptors (Lipinski definition) is 5. The highest BCUT2D eigenvalue weighted by atomic mass is 16.2. The third-order valence-electron chi connectivity index (χ3n) is 4.44. The SMILES string of the molecule is CC(C(=O)N1CCCC1)n1ncc(N2CCNCC2)cc1=O. The van der Waals surface area contributed by atoms with Gasteiger partial charge in [0.2, 0.25) is 5.91 Å². The van der Waals surface area contributed by atoms with Gasteiger partial charge >= 0.3 is 0 Å². The highest BCUT2D eigenvalue weighted by Crippen LogP contribution is 2.15. The average Bonchev–Trinajstić information content (AvgIpc) is 3.09. The van der Waals surface area contributed by atoms with Crippen molar-refractivity contribution >= 4 is 11.6 Å². The van der Waals surface area contributed by atoms with E-state index < -0.39 is 6.04 Å². The molecule has 7 nitrogen and oxygen atoms in total. The topological polar surface area (TPSA) is 70.5 Å². The first-order valence-electron chi connectivity index (χ1n) is 8.00. The number of carbonyl (C=O) groups is 1. The molecule has 0 spiro atoms. The molecule has 0 saturated carbocycles. The van der Waals surface area contributed by atoms with E-state index in [1.165, 1.54) is 4.68 Å². The summed E-state index contributed by atoms with van der Waals surface area (Å²) in [7, 11) is 0. The predicted octanol–water partition coefficient (Wildman–Crippen LogP) is -0.164. The van der Waals surface area contributed by atoms with Gasteiger partial charge in [-0.2, -0.15) is 5.10 Å². The molecule has 1 unspecified atom stereocenters. The smallest absolute Gasteiger partial charge is 0.269 e. The first-order valence-corrected chi connectivity index (χ1v) is 8.00. The lowest BCUT2D eigenvalue weighted by molar-refractivity contribution is -0.133. The van der Waals surface area contributed by atoms with Crippen molar-refractivity contribution in [1.29, 1.82) is 0 Å². The number of anilines is 1. The Morgan fingerprint density at radius 2 is 1.91 bits per heavy atom. The van der Waals surface area contributed by atoms with Crippen LogP contribution in [0.2, 0.25) is 0 Å². The largest absolute Gasteiger partial charge is 0.368 e. The molecule has 0 bridgehead atoms. The maximum atomic E-state index is 12.4. The summed E-state index contributed by atoms with van der Waals surface area (Å²) in [6.45, 7) is 6.88. The lowest BCUT2D eigenvalue weighted by Gasteiger charge is -2.29. The van der Waals surface area contributed by atoms with Crippen LogP contribution in [0.5, 0.6) is 0 Å². The minimum Gasteiger partial charge on any atom is -0.368 e. The van der Waals surface area contributed by atoms with Crippen LogP contribution < -0.4 is 15.8 Å². The molecule has 0 aromatic carbocycles. The van der Waals surface area contributed by atoms with E-state index in [1.54, 1.807) is 19.2 Å². The summed E-state index contributed by atoms with van der Waals surface area (Å²) in [5.74, 6) is -0.0120. The molecular formula is C15H23N5O2. The number of piperazine rings is 1. The van der Waals surface area contributed by atoms with Gasteiger partial charge in [-0.05, 0) is 19.8 Å². The molecule has 2 aliphatic rings. The van der Waals surface area contributed by atoms with Gasteiger partial charge in [-0.3, -0.25) is 9.59 Å². The molecule has 1 atom stereocenters. The lowest BCUT2D eigenvalue weighted by Crippen LogP contribution is -2.44. The van der Waals surface area contributed by atoms with E-state index in [9.17, 15) is 9.59 Å². The molecule has 1 aromatic rings. The van der Waals surface area contributed by atoms with Crippen molar-refractivity contribution in [2.75, 3.05) is 44.2 Å². The Bertz CT molecular complexity index is 588. The van der Waals surface area contributed by atoms with Crippen LogP contribution in [-0.4, -0.2) is 59.9 Å². The molecule has 1 N–H and O–H groups in total. The van der Waals surface area contributed by atoms with Crippen LogP contribution in [0, 0.1) is 0 Å². The van der Waals surface area contributed by atoms with Gasteiger partial charge in [0.15, 0.2) is 0 Å². The van der Waals surface area contributed by atoms with Gasteiger partial charge in [0.05, 0.1) is 11.9 Å². The zero-order chi connectivity index (χ0) is 15.5. The summed E-state index contributed by atoms with van der Waals surface area (Å²) in [6, 6.07) is 1.05. The number of likely N-dealkylation sites (tertiary alicyclic amines) is 1. The van der Waals surface area contributed by atoms with Crippen molar-refractivity contribution in [1.82, 2.24) is 20.0 Å². The molecule has 2 aliphatic heterocycles. The van der Waals surface area contributed by atoms with Crippen molar-refractivity contribution in [2.45, 2.75) is 25.8 Å². The van der Waals surface area contributed by atoms with Gasteiger partial charge in [0, 0.05) is 45.3 Å². The monoisotopic (exact) mass is 305 g/mol. The number of rotatable bonds is 3. The lowest BCUT2D eigenvalue weighted by atomic mass is 10.3. The van der Waals surface area contributed by atoms with E-state index in [4.69, 9.17) is 0 Å². The zero-order valence-electron chi connectivity index (χ0n) is 13.0. The molecular weight excluding hydrogens is 282 g/mol. The van der Waals surface area contributed by atoms with Gasteiger partial charge in [-0.15, -0.1) is 0 Å². The summed E-state index contributed by atoms with van der Waals surface area (Å²) in [5.41, 5.74) is 0.625. The van der Waals surface area contributed by atoms with Crippen molar-refractivity contribution in [3.63, 3.8) is 0 Å². The summed E-state index contributed by atoms with van der Waals surface area (Å²) in [6.07, 6.45) is 3.78. The number of aromatic nitrogens is 2. The quantitative estimate of drug-likeness (QED) is 0.840.